The highest BCUT2D eigenvalue weighted by Gasteiger charge is 2.46. The SMILES string of the molecule is COC(=O)COP(=O)(C[C@@H](CC(C)C)C(=O)OC)OC[C@H]1O[C@@H](n2cnc3c(N)nc(F)nc32)[C@@H](O)[C@@H]1O. The summed E-state index contributed by atoms with van der Waals surface area (Å²) in [4.78, 5) is 34.9. The Morgan fingerprint density at radius 3 is 2.55 bits per heavy atom. The van der Waals surface area contributed by atoms with Crippen molar-refractivity contribution in [3.63, 3.8) is 0 Å². The first-order valence-electron chi connectivity index (χ1n) is 11.6. The number of hydrogen-bond acceptors (Lipinski definition) is 14. The van der Waals surface area contributed by atoms with Gasteiger partial charge in [-0.2, -0.15) is 14.4 Å². The zero-order chi connectivity index (χ0) is 28.2. The highest BCUT2D eigenvalue weighted by Crippen LogP contribution is 2.51. The maximum absolute atomic E-state index is 13.7. The maximum atomic E-state index is 13.7. The zero-order valence-electron chi connectivity index (χ0n) is 21.2. The molecule has 1 saturated heterocycles. The number of nitrogens with zero attached hydrogens (tertiary/aromatic N) is 4. The first-order valence-corrected chi connectivity index (χ1v) is 13.3. The number of hydrogen-bond donors (Lipinski definition) is 3. The van der Waals surface area contributed by atoms with Crippen molar-refractivity contribution in [2.45, 2.75) is 44.8 Å². The minimum atomic E-state index is -4.18. The standard InChI is InChI=1S/C21H31FN5O10P/c1-10(2)5-11(20(31)34-4)8-38(32,36-7-13(28)33-3)35-6-12-15(29)16(30)19(37-12)27-9-24-14-17(23)25-21(22)26-18(14)27/h9-12,15-16,19,29-30H,5-8H2,1-4H3,(H2,23,25,26)/t11-,12-,15-,16+,19-,38?/m1/s1. The average molecular weight is 563 g/mol. The summed E-state index contributed by atoms with van der Waals surface area (Å²) in [5.74, 6) is -2.56. The van der Waals surface area contributed by atoms with Crippen LogP contribution in [0.3, 0.4) is 0 Å². The first kappa shape index (κ1) is 29.8. The van der Waals surface area contributed by atoms with Crippen LogP contribution in [-0.4, -0.2) is 93.6 Å². The molecule has 1 unspecified atom stereocenters. The molecule has 2 aromatic rings. The molecule has 1 aliphatic heterocycles. The van der Waals surface area contributed by atoms with E-state index in [0.29, 0.717) is 6.42 Å². The maximum Gasteiger partial charge on any atom is 0.332 e. The lowest BCUT2D eigenvalue weighted by atomic mass is 9.99. The second-order valence-corrected chi connectivity index (χ2v) is 11.1. The Balaban J connectivity index is 1.79. The monoisotopic (exact) mass is 563 g/mol. The molecule has 0 saturated carbocycles. The number of imidazole rings is 1. The van der Waals surface area contributed by atoms with Crippen LogP contribution in [0, 0.1) is 17.9 Å². The van der Waals surface area contributed by atoms with Gasteiger partial charge in [0.05, 0.1) is 39.2 Å². The van der Waals surface area contributed by atoms with Gasteiger partial charge >= 0.3 is 25.6 Å². The van der Waals surface area contributed by atoms with E-state index in [1.807, 2.05) is 13.8 Å². The highest BCUT2D eigenvalue weighted by atomic mass is 31.2. The Morgan fingerprint density at radius 1 is 1.21 bits per heavy atom. The summed E-state index contributed by atoms with van der Waals surface area (Å²) >= 11 is 0. The molecule has 1 aliphatic rings. The van der Waals surface area contributed by atoms with E-state index in [0.717, 1.165) is 11.7 Å². The molecular formula is C21H31FN5O10P. The van der Waals surface area contributed by atoms with E-state index in [1.54, 1.807) is 0 Å². The van der Waals surface area contributed by atoms with Gasteiger partial charge in [-0.3, -0.25) is 18.5 Å². The summed E-state index contributed by atoms with van der Waals surface area (Å²) < 4.78 is 54.3. The van der Waals surface area contributed by atoms with Crippen molar-refractivity contribution in [3.8, 4) is 0 Å². The average Bonchev–Trinajstić information content (AvgIpc) is 3.41. The van der Waals surface area contributed by atoms with Gasteiger partial charge in [0.2, 0.25) is 0 Å². The number of esters is 2. The molecule has 38 heavy (non-hydrogen) atoms. The Hall–Kier alpha value is -2.75. The van der Waals surface area contributed by atoms with Gasteiger partial charge in [0, 0.05) is 0 Å². The quantitative estimate of drug-likeness (QED) is 0.182. The molecule has 0 spiro atoms. The molecule has 0 aromatic carbocycles. The largest absolute Gasteiger partial charge is 0.469 e. The minimum Gasteiger partial charge on any atom is -0.469 e. The number of aliphatic hydroxyl groups is 2. The third-order valence-electron chi connectivity index (χ3n) is 5.81. The van der Waals surface area contributed by atoms with Crippen molar-refractivity contribution in [1.29, 1.82) is 0 Å². The summed E-state index contributed by atoms with van der Waals surface area (Å²) in [7, 11) is -1.88. The second-order valence-electron chi connectivity index (χ2n) is 9.04. The summed E-state index contributed by atoms with van der Waals surface area (Å²) in [5, 5.41) is 21.2. The lowest BCUT2D eigenvalue weighted by Gasteiger charge is -2.25. The Bertz CT molecular complexity index is 1200. The molecule has 0 bridgehead atoms. The molecule has 0 radical (unpaired) electrons. The number of nitrogens with two attached hydrogens (primary N) is 1. The van der Waals surface area contributed by atoms with Crippen molar-refractivity contribution in [3.05, 3.63) is 12.4 Å². The first-order chi connectivity index (χ1) is 17.9. The molecule has 3 heterocycles. The van der Waals surface area contributed by atoms with Crippen molar-refractivity contribution in [1.82, 2.24) is 19.5 Å². The molecule has 1 fully saturated rings. The molecule has 17 heteroatoms. The number of nitrogen functional groups attached to an aromatic ring is 1. The Kier molecular flexibility index (Phi) is 9.73. The van der Waals surface area contributed by atoms with Gasteiger partial charge in [-0.1, -0.05) is 13.8 Å². The fourth-order valence-electron chi connectivity index (χ4n) is 3.98. The number of ether oxygens (including phenoxy) is 3. The van der Waals surface area contributed by atoms with E-state index in [2.05, 4.69) is 19.7 Å². The number of halogens is 1. The van der Waals surface area contributed by atoms with E-state index in [-0.39, 0.29) is 22.9 Å². The summed E-state index contributed by atoms with van der Waals surface area (Å²) in [5.41, 5.74) is 5.63. The third kappa shape index (κ3) is 6.81. The van der Waals surface area contributed by atoms with Gasteiger partial charge in [-0.15, -0.1) is 0 Å². The Morgan fingerprint density at radius 2 is 1.92 bits per heavy atom. The predicted octanol–water partition coefficient (Wildman–Crippen LogP) is 0.401. The fraction of sp³-hybridized carbons (Fsp3) is 0.667. The number of carbonyl (C=O) groups excluding carboxylic acids is 2. The van der Waals surface area contributed by atoms with Crippen LogP contribution in [0.15, 0.2) is 6.33 Å². The zero-order valence-corrected chi connectivity index (χ0v) is 22.1. The van der Waals surface area contributed by atoms with Crippen LogP contribution in [0.1, 0.15) is 26.5 Å². The van der Waals surface area contributed by atoms with E-state index in [1.165, 1.54) is 13.4 Å². The van der Waals surface area contributed by atoms with Gasteiger partial charge in [-0.05, 0) is 12.3 Å². The van der Waals surface area contributed by atoms with Crippen molar-refractivity contribution < 1.29 is 52.0 Å². The smallest absolute Gasteiger partial charge is 0.332 e. The number of carbonyl (C=O) groups is 2. The van der Waals surface area contributed by atoms with Crippen LogP contribution in [0.25, 0.3) is 11.2 Å². The lowest BCUT2D eigenvalue weighted by molar-refractivity contribution is -0.145. The normalized spacial score (nSPS) is 23.9. The van der Waals surface area contributed by atoms with Crippen molar-refractivity contribution in [2.24, 2.45) is 11.8 Å². The number of methoxy groups -OCH3 is 2. The predicted molar refractivity (Wildman–Crippen MR) is 127 cm³/mol. The van der Waals surface area contributed by atoms with Crippen LogP contribution in [0.2, 0.25) is 0 Å². The van der Waals surface area contributed by atoms with Crippen LogP contribution in [-0.2, 0) is 37.4 Å². The molecule has 212 valence electrons. The van der Waals surface area contributed by atoms with Crippen molar-refractivity contribution in [2.75, 3.05) is 39.3 Å². The van der Waals surface area contributed by atoms with E-state index < -0.39 is 75.4 Å². The lowest BCUT2D eigenvalue weighted by Crippen LogP contribution is -2.34. The number of rotatable bonds is 12. The van der Waals surface area contributed by atoms with Crippen LogP contribution in [0.5, 0.6) is 0 Å². The number of aliphatic hydroxyl groups excluding tert-OH is 2. The number of anilines is 1. The number of fused-ring (bicyclic) bond motifs is 1. The van der Waals surface area contributed by atoms with E-state index in [9.17, 15) is 28.8 Å². The summed E-state index contributed by atoms with van der Waals surface area (Å²) in [6.07, 6.45) is -5.75. The second kappa shape index (κ2) is 12.4. The molecule has 4 N–H and O–H groups in total. The molecule has 3 rings (SSSR count). The molecule has 15 nitrogen and oxygen atoms in total. The van der Waals surface area contributed by atoms with Gasteiger partial charge in [0.15, 0.2) is 29.8 Å². The third-order valence-corrected chi connectivity index (χ3v) is 7.76. The summed E-state index contributed by atoms with van der Waals surface area (Å²) in [6.45, 7) is 2.41. The van der Waals surface area contributed by atoms with Crippen LogP contribution >= 0.6 is 7.60 Å². The molecule has 0 amide bonds. The van der Waals surface area contributed by atoms with Crippen molar-refractivity contribution >= 4 is 36.5 Å². The Labute approximate surface area is 216 Å². The molecule has 2 aromatic heterocycles. The van der Waals surface area contributed by atoms with Gasteiger partial charge < -0.3 is 34.7 Å². The van der Waals surface area contributed by atoms with Crippen LogP contribution in [0.4, 0.5) is 10.2 Å². The van der Waals surface area contributed by atoms with E-state index in [4.69, 9.17) is 24.3 Å². The van der Waals surface area contributed by atoms with E-state index >= 15 is 0 Å². The van der Waals surface area contributed by atoms with Gasteiger partial charge in [0.1, 0.15) is 18.3 Å². The minimum absolute atomic E-state index is 0.0248. The molecule has 6 atom stereocenters. The van der Waals surface area contributed by atoms with Gasteiger partial charge in [-0.25, -0.2) is 9.78 Å². The van der Waals surface area contributed by atoms with Gasteiger partial charge in [0.25, 0.3) is 0 Å². The molecule has 0 aliphatic carbocycles. The number of aromatic nitrogens is 4. The fourth-order valence-corrected chi connectivity index (χ4v) is 5.78. The molecular weight excluding hydrogens is 532 g/mol. The highest BCUT2D eigenvalue weighted by molar-refractivity contribution is 7.53. The topological polar surface area (TPSA) is 207 Å². The van der Waals surface area contributed by atoms with Crippen LogP contribution < -0.4 is 5.73 Å². The summed E-state index contributed by atoms with van der Waals surface area (Å²) in [6, 6.07) is 0.